The maximum absolute atomic E-state index is 7.61. The van der Waals surface area contributed by atoms with Crippen LogP contribution in [0.2, 0.25) is 0 Å². The van der Waals surface area contributed by atoms with Crippen LogP contribution in [0.15, 0.2) is 146 Å². The zero-order chi connectivity index (χ0) is 61.5. The number of ether oxygens (including phenoxy) is 17. The van der Waals surface area contributed by atoms with Crippen molar-refractivity contribution in [3.8, 4) is 46.3 Å². The van der Waals surface area contributed by atoms with Gasteiger partial charge in [0.1, 0.15) is 83.3 Å². The summed E-state index contributed by atoms with van der Waals surface area (Å²) < 4.78 is 111. The van der Waals surface area contributed by atoms with E-state index >= 15 is 0 Å². The maximum atomic E-state index is 7.61. The van der Waals surface area contributed by atoms with Gasteiger partial charge in [0.2, 0.25) is 0 Å². The summed E-state index contributed by atoms with van der Waals surface area (Å²) in [6, 6.07) is 46.4. The topological polar surface area (TPSA) is 157 Å². The molecule has 0 spiro atoms. The van der Waals surface area contributed by atoms with Crippen molar-refractivity contribution < 1.29 is 80.5 Å². The van der Waals surface area contributed by atoms with Gasteiger partial charge < -0.3 is 80.5 Å². The van der Waals surface area contributed by atoms with Crippen molar-refractivity contribution in [3.63, 3.8) is 0 Å². The minimum absolute atomic E-state index is 0.103. The molecule has 17 heteroatoms. The van der Waals surface area contributed by atoms with Gasteiger partial charge in [0.25, 0.3) is 0 Å². The maximum Gasteiger partial charge on any atom is 0.187 e. The molecule has 12 atom stereocenters. The van der Waals surface area contributed by atoms with Gasteiger partial charge >= 0.3 is 0 Å². The molecule has 0 amide bonds. The Bertz CT molecular complexity index is 3010. The number of methoxy groups -OCH3 is 6. The molecule has 6 aromatic carbocycles. The lowest BCUT2D eigenvalue weighted by atomic mass is 9.95. The molecule has 1 unspecified atom stereocenters. The molecule has 0 N–H and O–H groups in total. The Kier molecular flexibility index (Phi) is 25.6. The van der Waals surface area contributed by atoms with Crippen LogP contribution in [-0.2, 0) is 85.1 Å². The van der Waals surface area contributed by atoms with Gasteiger partial charge in [-0.15, -0.1) is 11.8 Å². The molecular weight excluding hydrogens is 1120 g/mol. The van der Waals surface area contributed by atoms with E-state index in [9.17, 15) is 0 Å². The molecule has 3 saturated heterocycles. The summed E-state index contributed by atoms with van der Waals surface area (Å²) in [7, 11) is 9.84. The summed E-state index contributed by atoms with van der Waals surface area (Å²) >= 11 is 0. The highest BCUT2D eigenvalue weighted by molar-refractivity contribution is 5.31. The van der Waals surface area contributed by atoms with Gasteiger partial charge in [-0.2, -0.15) is 0 Å². The van der Waals surface area contributed by atoms with Gasteiger partial charge in [0.15, 0.2) is 18.9 Å². The predicted octanol–water partition coefficient (Wildman–Crippen LogP) is 12.3. The summed E-state index contributed by atoms with van der Waals surface area (Å²) in [4.78, 5) is 0. The van der Waals surface area contributed by atoms with Gasteiger partial charge in [-0.3, -0.25) is 0 Å². The fourth-order valence-corrected chi connectivity index (χ4v) is 10.9. The van der Waals surface area contributed by atoms with E-state index < -0.39 is 67.7 Å². The quantitative estimate of drug-likeness (QED) is 0.0283. The third kappa shape index (κ3) is 18.7. The molecule has 472 valence electrons. The number of fused-ring (bicyclic) bond motifs is 1. The van der Waals surface area contributed by atoms with Crippen molar-refractivity contribution in [3.05, 3.63) is 179 Å². The highest BCUT2D eigenvalue weighted by atomic mass is 16.8. The lowest BCUT2D eigenvalue weighted by molar-refractivity contribution is -0.404. The summed E-state index contributed by atoms with van der Waals surface area (Å²) in [5.41, 5.74) is 5.30. The highest BCUT2D eigenvalue weighted by Crippen LogP contribution is 2.41. The third-order valence-electron chi connectivity index (χ3n) is 15.9. The third-order valence-corrected chi connectivity index (χ3v) is 15.9. The molecule has 6 aromatic rings. The number of hydrogen-bond acceptors (Lipinski definition) is 17. The van der Waals surface area contributed by atoms with Crippen molar-refractivity contribution in [2.45, 2.75) is 159 Å². The van der Waals surface area contributed by atoms with Crippen LogP contribution in [0, 0.1) is 11.8 Å². The molecule has 3 fully saturated rings. The van der Waals surface area contributed by atoms with Crippen LogP contribution in [0.25, 0.3) is 0 Å². The van der Waals surface area contributed by atoms with Crippen LogP contribution in [0.3, 0.4) is 0 Å². The number of unbranched alkanes of at least 4 members (excludes halogenated alkanes) is 4. The Morgan fingerprint density at radius 1 is 0.443 bits per heavy atom. The zero-order valence-corrected chi connectivity index (χ0v) is 51.9. The lowest BCUT2D eigenvalue weighted by Crippen LogP contribution is -2.67. The Hall–Kier alpha value is -6.76. The Morgan fingerprint density at radius 3 is 1.35 bits per heavy atom. The van der Waals surface area contributed by atoms with E-state index in [-0.39, 0.29) is 52.4 Å². The molecule has 17 nitrogen and oxygen atoms in total. The Morgan fingerprint density at radius 2 is 0.875 bits per heavy atom. The van der Waals surface area contributed by atoms with Gasteiger partial charge in [-0.05, 0) is 127 Å². The Balaban J connectivity index is 1.12. The van der Waals surface area contributed by atoms with E-state index in [1.807, 2.05) is 153 Å². The molecule has 0 aliphatic carbocycles. The second kappa shape index (κ2) is 34.3. The molecule has 88 heavy (non-hydrogen) atoms. The van der Waals surface area contributed by atoms with Gasteiger partial charge in [0, 0.05) is 12.0 Å². The average molecular weight is 1210 g/mol. The average Bonchev–Trinajstić information content (AvgIpc) is 0.975. The van der Waals surface area contributed by atoms with Crippen LogP contribution < -0.4 is 28.4 Å². The Labute approximate surface area is 518 Å². The summed E-state index contributed by atoms with van der Waals surface area (Å²) in [6.45, 7) is 5.10. The van der Waals surface area contributed by atoms with E-state index in [0.717, 1.165) is 89.2 Å². The first-order chi connectivity index (χ1) is 43.2. The first kappa shape index (κ1) is 65.7. The second-order valence-electron chi connectivity index (χ2n) is 21.9. The molecular formula is C71H86O17. The molecule has 0 bridgehead atoms. The lowest BCUT2D eigenvalue weighted by Gasteiger charge is -2.51. The minimum atomic E-state index is -1.18. The van der Waals surface area contributed by atoms with Crippen LogP contribution in [0.5, 0.6) is 34.5 Å². The summed E-state index contributed by atoms with van der Waals surface area (Å²) in [5, 5.41) is 0. The highest BCUT2D eigenvalue weighted by Gasteiger charge is 2.56. The first-order valence-electron chi connectivity index (χ1n) is 30.3. The van der Waals surface area contributed by atoms with Crippen LogP contribution in [-0.4, -0.2) is 123 Å². The fraction of sp³-hybridized carbons (Fsp3) is 0.465. The molecule has 9 rings (SSSR count). The van der Waals surface area contributed by atoms with E-state index in [1.54, 1.807) is 42.7 Å². The van der Waals surface area contributed by atoms with Crippen LogP contribution in [0.1, 0.15) is 92.0 Å². The fourth-order valence-electron chi connectivity index (χ4n) is 10.9. The molecule has 0 radical (unpaired) electrons. The van der Waals surface area contributed by atoms with Crippen molar-refractivity contribution in [2.75, 3.05) is 55.9 Å². The van der Waals surface area contributed by atoms with Crippen LogP contribution >= 0.6 is 0 Å². The minimum Gasteiger partial charge on any atom is -0.497 e. The van der Waals surface area contributed by atoms with Crippen molar-refractivity contribution in [1.29, 1.82) is 0 Å². The van der Waals surface area contributed by atoms with Gasteiger partial charge in [0.05, 0.1) is 95.0 Å². The van der Waals surface area contributed by atoms with Gasteiger partial charge in [-0.25, -0.2) is 0 Å². The van der Waals surface area contributed by atoms with Crippen molar-refractivity contribution in [1.82, 2.24) is 0 Å². The second-order valence-corrected chi connectivity index (χ2v) is 21.9. The zero-order valence-electron chi connectivity index (χ0n) is 51.9. The molecule has 3 aliphatic heterocycles. The number of benzene rings is 6. The van der Waals surface area contributed by atoms with E-state index in [4.69, 9.17) is 80.5 Å². The van der Waals surface area contributed by atoms with Crippen molar-refractivity contribution >= 4 is 0 Å². The SMILES string of the molecule is CC#CCCCCCC[C@H](C)O[C@@H]1O[C@H](COCc2ccc(OC)cc2)[C@@H](OCc2ccc(OC)cc2)[C@H](OCc2ccc(OC)cc2)[C@H]1OC1O[C@@H]2CO[C@@H](c3ccc(OC)cc3)O[C@H]2[C@H](OCc2ccc(OC)cc2)[C@H]1OCc1ccc(OC)cc1. The first-order valence-corrected chi connectivity index (χ1v) is 30.3. The van der Waals surface area contributed by atoms with E-state index in [2.05, 4.69) is 18.8 Å². The smallest absolute Gasteiger partial charge is 0.187 e. The summed E-state index contributed by atoms with van der Waals surface area (Å²) in [5.74, 6) is 10.5. The van der Waals surface area contributed by atoms with Gasteiger partial charge in [-0.1, -0.05) is 92.1 Å². The van der Waals surface area contributed by atoms with E-state index in [0.29, 0.717) is 17.2 Å². The predicted molar refractivity (Wildman–Crippen MR) is 329 cm³/mol. The largest absolute Gasteiger partial charge is 0.497 e. The standard InChI is InChI=1S/C71H86O17/c1-9-10-11-12-13-14-15-16-48(2)84-71-68(65(80-43-51-21-33-57(74-5)34-22-51)63(79-42-50-19-31-56(73-4)32-20-50)61(85-71)46-78-41-49-17-29-55(72-3)30-18-49)88-70-67(82-45-53-25-37-59(76-7)38-26-53)66(81-44-52-23-35-58(75-6)36-24-52)64-62(86-70)47-83-69(87-64)54-27-39-60(77-8)40-28-54/h17-40,48,61-71H,11-16,41-47H2,1-8H3/t48-,61+,62+,63+,64+,65-,66-,67+,68+,69+,70?,71+/m0/s1. The monoisotopic (exact) mass is 1210 g/mol. The number of rotatable bonds is 33. The summed E-state index contributed by atoms with van der Waals surface area (Å²) in [6.07, 6.45) is -4.37. The normalized spacial score (nSPS) is 23.6. The van der Waals surface area contributed by atoms with Crippen LogP contribution in [0.4, 0.5) is 0 Å². The molecule has 3 heterocycles. The molecule has 0 aromatic heterocycles. The molecule has 3 aliphatic rings. The van der Waals surface area contributed by atoms with Crippen molar-refractivity contribution in [2.24, 2.45) is 0 Å². The number of hydrogen-bond donors (Lipinski definition) is 0. The molecule has 0 saturated carbocycles. The van der Waals surface area contributed by atoms with E-state index in [1.165, 1.54) is 0 Å².